The van der Waals surface area contributed by atoms with Gasteiger partial charge < -0.3 is 4.90 Å². The van der Waals surface area contributed by atoms with Crippen molar-refractivity contribution in [3.8, 4) is 0 Å². The number of H-pyrrole nitrogens is 1. The molecule has 2 aromatic rings. The van der Waals surface area contributed by atoms with E-state index in [0.29, 0.717) is 10.8 Å². The highest BCUT2D eigenvalue weighted by Gasteiger charge is 2.22. The highest BCUT2D eigenvalue weighted by Crippen LogP contribution is 2.17. The lowest BCUT2D eigenvalue weighted by Gasteiger charge is -2.14. The fourth-order valence-electron chi connectivity index (χ4n) is 1.56. The van der Waals surface area contributed by atoms with Crippen LogP contribution in [0.15, 0.2) is 36.7 Å². The van der Waals surface area contributed by atoms with E-state index in [0.717, 1.165) is 5.69 Å². The normalized spacial score (nSPS) is 10.3. The Kier molecular flexibility index (Phi) is 3.15. The first-order valence-corrected chi connectivity index (χ1v) is 5.54. The predicted octanol–water partition coefficient (Wildman–Crippen LogP) is 1.77. The van der Waals surface area contributed by atoms with E-state index in [4.69, 9.17) is 11.6 Å². The molecule has 4 nitrogen and oxygen atoms in total. The first-order valence-electron chi connectivity index (χ1n) is 5.16. The second-order valence-corrected chi connectivity index (χ2v) is 4.20. The van der Waals surface area contributed by atoms with Crippen LogP contribution in [0.4, 0.5) is 5.69 Å². The number of carbonyl (C=O) groups excluding carboxylic acids is 1. The fraction of sp³-hybridized carbons (Fsp3) is 0.167. The quantitative estimate of drug-likeness (QED) is 0.811. The number of hydrogen-bond donors (Lipinski definition) is 1. The summed E-state index contributed by atoms with van der Waals surface area (Å²) < 4.78 is 1.74. The van der Waals surface area contributed by atoms with Crippen LogP contribution in [0, 0.1) is 0 Å². The summed E-state index contributed by atoms with van der Waals surface area (Å²) in [5.41, 5.74) is 0.800. The van der Waals surface area contributed by atoms with E-state index in [-0.39, 0.29) is 5.91 Å². The average molecular weight is 251 g/mol. The number of carbonyl (C=O) groups is 1. The third kappa shape index (κ3) is 2.31. The van der Waals surface area contributed by atoms with Crippen molar-refractivity contribution in [2.75, 3.05) is 11.9 Å². The van der Waals surface area contributed by atoms with E-state index in [9.17, 15) is 4.79 Å². The summed E-state index contributed by atoms with van der Waals surface area (Å²) in [7, 11) is 3.55. The van der Waals surface area contributed by atoms with Crippen molar-refractivity contribution in [1.82, 2.24) is 4.98 Å². The van der Waals surface area contributed by atoms with Gasteiger partial charge in [-0.3, -0.25) is 4.79 Å². The number of halogens is 1. The zero-order chi connectivity index (χ0) is 12.4. The largest absolute Gasteiger partial charge is 0.346 e. The van der Waals surface area contributed by atoms with Crippen molar-refractivity contribution in [3.63, 3.8) is 0 Å². The van der Waals surface area contributed by atoms with E-state index in [2.05, 4.69) is 4.98 Å². The summed E-state index contributed by atoms with van der Waals surface area (Å²) in [6, 6.07) is 7.14. The molecule has 0 bridgehead atoms. The highest BCUT2D eigenvalue weighted by atomic mass is 35.5. The van der Waals surface area contributed by atoms with E-state index >= 15 is 0 Å². The van der Waals surface area contributed by atoms with Gasteiger partial charge in [-0.15, -0.1) is 0 Å². The minimum Gasteiger partial charge on any atom is -0.305 e. The number of aromatic amines is 1. The molecule has 1 heterocycles. The Hall–Kier alpha value is -1.81. The molecule has 0 fully saturated rings. The standard InChI is InChI=1S/C12H12ClN3O/c1-15-8-7-14-11(15)12(17)16(2)10-5-3-9(13)4-6-10/h3-8H,1-2H3/p+1. The van der Waals surface area contributed by atoms with Crippen LogP contribution in [-0.4, -0.2) is 17.9 Å². The van der Waals surface area contributed by atoms with Gasteiger partial charge in [0.05, 0.1) is 7.05 Å². The molecule has 1 aromatic carbocycles. The van der Waals surface area contributed by atoms with Crippen LogP contribution in [0.5, 0.6) is 0 Å². The molecule has 88 valence electrons. The lowest BCUT2D eigenvalue weighted by Crippen LogP contribution is -2.39. The maximum absolute atomic E-state index is 12.2. The van der Waals surface area contributed by atoms with Crippen LogP contribution in [0.3, 0.4) is 0 Å². The molecular formula is C12H13ClN3O+. The van der Waals surface area contributed by atoms with Crippen molar-refractivity contribution in [2.45, 2.75) is 0 Å². The number of aryl methyl sites for hydroxylation is 1. The van der Waals surface area contributed by atoms with Gasteiger partial charge in [0.1, 0.15) is 12.4 Å². The summed E-state index contributed by atoms with van der Waals surface area (Å²) in [4.78, 5) is 16.6. The van der Waals surface area contributed by atoms with Crippen LogP contribution in [-0.2, 0) is 7.05 Å². The maximum Gasteiger partial charge on any atom is 0.346 e. The average Bonchev–Trinajstić information content (AvgIpc) is 2.74. The van der Waals surface area contributed by atoms with E-state index < -0.39 is 0 Å². The van der Waals surface area contributed by atoms with Gasteiger partial charge in [0.2, 0.25) is 0 Å². The predicted molar refractivity (Wildman–Crippen MR) is 66.2 cm³/mol. The number of nitrogens with one attached hydrogen (secondary N) is 1. The van der Waals surface area contributed by atoms with Crippen LogP contribution < -0.4 is 9.47 Å². The number of imidazole rings is 1. The van der Waals surface area contributed by atoms with Gasteiger partial charge in [-0.2, -0.15) is 0 Å². The second kappa shape index (κ2) is 4.59. The number of amides is 1. The van der Waals surface area contributed by atoms with Crippen LogP contribution in [0.1, 0.15) is 10.6 Å². The lowest BCUT2D eigenvalue weighted by atomic mass is 10.3. The van der Waals surface area contributed by atoms with Crippen LogP contribution in [0.25, 0.3) is 0 Å². The van der Waals surface area contributed by atoms with Crippen LogP contribution in [0.2, 0.25) is 5.02 Å². The number of aromatic nitrogens is 2. The first-order chi connectivity index (χ1) is 8.09. The van der Waals surface area contributed by atoms with Crippen molar-refractivity contribution >= 4 is 23.2 Å². The molecule has 2 rings (SSSR count). The monoisotopic (exact) mass is 250 g/mol. The summed E-state index contributed by atoms with van der Waals surface area (Å²) >= 11 is 5.81. The molecule has 0 saturated heterocycles. The zero-order valence-electron chi connectivity index (χ0n) is 9.64. The topological polar surface area (TPSA) is 40.0 Å². The second-order valence-electron chi connectivity index (χ2n) is 3.76. The van der Waals surface area contributed by atoms with Gasteiger partial charge in [0.15, 0.2) is 0 Å². The van der Waals surface area contributed by atoms with Gasteiger partial charge >= 0.3 is 11.7 Å². The number of rotatable bonds is 2. The fourth-order valence-corrected chi connectivity index (χ4v) is 1.68. The van der Waals surface area contributed by atoms with Crippen molar-refractivity contribution in [2.24, 2.45) is 7.05 Å². The first kappa shape index (κ1) is 11.7. The van der Waals surface area contributed by atoms with Crippen molar-refractivity contribution in [3.05, 3.63) is 47.5 Å². The number of benzene rings is 1. The lowest BCUT2D eigenvalue weighted by molar-refractivity contribution is -0.672. The molecule has 17 heavy (non-hydrogen) atoms. The van der Waals surface area contributed by atoms with E-state index in [1.165, 1.54) is 0 Å². The molecule has 1 aromatic heterocycles. The third-order valence-corrected chi connectivity index (χ3v) is 2.84. The Morgan fingerprint density at radius 2 is 2.00 bits per heavy atom. The van der Waals surface area contributed by atoms with E-state index in [1.54, 1.807) is 41.0 Å². The molecule has 0 atom stereocenters. The summed E-state index contributed by atoms with van der Waals surface area (Å²) in [5, 5.41) is 0.653. The van der Waals surface area contributed by atoms with Gasteiger partial charge in [-0.25, -0.2) is 9.55 Å². The Balaban J connectivity index is 2.26. The molecule has 5 heteroatoms. The Bertz CT molecular complexity index is 533. The zero-order valence-corrected chi connectivity index (χ0v) is 10.4. The van der Waals surface area contributed by atoms with Crippen molar-refractivity contribution in [1.29, 1.82) is 0 Å². The minimum atomic E-state index is -0.0974. The summed E-state index contributed by atoms with van der Waals surface area (Å²) in [6.07, 6.45) is 3.52. The third-order valence-electron chi connectivity index (χ3n) is 2.59. The molecule has 0 saturated carbocycles. The number of anilines is 1. The molecule has 1 N–H and O–H groups in total. The number of hydrogen-bond acceptors (Lipinski definition) is 1. The molecule has 0 spiro atoms. The molecule has 0 aliphatic rings. The maximum atomic E-state index is 12.2. The molecular weight excluding hydrogens is 238 g/mol. The Morgan fingerprint density at radius 3 is 2.53 bits per heavy atom. The summed E-state index contributed by atoms with van der Waals surface area (Å²) in [6.45, 7) is 0. The summed E-state index contributed by atoms with van der Waals surface area (Å²) in [5.74, 6) is 0.433. The van der Waals surface area contributed by atoms with Gasteiger partial charge in [-0.05, 0) is 24.3 Å². The Morgan fingerprint density at radius 1 is 1.35 bits per heavy atom. The van der Waals surface area contributed by atoms with Gasteiger partial charge in [-0.1, -0.05) is 11.6 Å². The number of nitrogens with zero attached hydrogens (tertiary/aromatic N) is 2. The van der Waals surface area contributed by atoms with Gasteiger partial charge in [0.25, 0.3) is 0 Å². The smallest absolute Gasteiger partial charge is 0.305 e. The molecule has 1 amide bonds. The SMILES string of the molecule is CN(C(=O)c1[nH]cc[n+]1C)c1ccc(Cl)cc1. The molecule has 0 aliphatic heterocycles. The van der Waals surface area contributed by atoms with E-state index in [1.807, 2.05) is 19.2 Å². The van der Waals surface area contributed by atoms with Gasteiger partial charge in [0, 0.05) is 17.8 Å². The Labute approximate surface area is 104 Å². The molecule has 0 aliphatic carbocycles. The molecule has 0 unspecified atom stereocenters. The highest BCUT2D eigenvalue weighted by molar-refractivity contribution is 6.30. The van der Waals surface area contributed by atoms with Crippen LogP contribution >= 0.6 is 11.6 Å². The minimum absolute atomic E-state index is 0.0974. The van der Waals surface area contributed by atoms with Crippen molar-refractivity contribution < 1.29 is 9.36 Å². The molecule has 0 radical (unpaired) electrons.